The number of carbonyl (C=O) groups excluding carboxylic acids is 1. The number of hydrogen-bond donors (Lipinski definition) is 2. The van der Waals surface area contributed by atoms with Crippen molar-refractivity contribution in [1.82, 2.24) is 10.3 Å². The minimum Gasteiger partial charge on any atom is -0.452 e. The number of fused-ring (bicyclic) bond motifs is 1. The molecule has 1 aromatic carbocycles. The van der Waals surface area contributed by atoms with Gasteiger partial charge in [0.05, 0.1) is 11.9 Å². The van der Waals surface area contributed by atoms with E-state index in [9.17, 15) is 30.8 Å². The van der Waals surface area contributed by atoms with Crippen molar-refractivity contribution in [2.75, 3.05) is 5.32 Å². The van der Waals surface area contributed by atoms with E-state index < -0.39 is 51.1 Å². The molecular formula is C21H14F5N3O4S. The van der Waals surface area contributed by atoms with Crippen molar-refractivity contribution in [3.05, 3.63) is 76.0 Å². The zero-order chi connectivity index (χ0) is 24.8. The first kappa shape index (κ1) is 23.4. The fraction of sp³-hybridized carbons (Fsp3) is 0.143. The van der Waals surface area contributed by atoms with Gasteiger partial charge < -0.3 is 9.73 Å². The van der Waals surface area contributed by atoms with Crippen LogP contribution in [0.2, 0.25) is 0 Å². The Balaban J connectivity index is 1.62. The van der Waals surface area contributed by atoms with E-state index in [1.807, 2.05) is 0 Å². The van der Waals surface area contributed by atoms with E-state index in [0.717, 1.165) is 30.0 Å². The van der Waals surface area contributed by atoms with Crippen LogP contribution in [0.4, 0.5) is 32.4 Å². The molecule has 4 rings (SSSR count). The Morgan fingerprint density at radius 1 is 1.18 bits per heavy atom. The van der Waals surface area contributed by atoms with Gasteiger partial charge in [0.2, 0.25) is 0 Å². The molecule has 2 aromatic heterocycles. The number of anilines is 1. The van der Waals surface area contributed by atoms with Crippen molar-refractivity contribution >= 4 is 38.1 Å². The summed E-state index contributed by atoms with van der Waals surface area (Å²) in [5.74, 6) is -7.26. The number of hydrogen-bond acceptors (Lipinski definition) is 5. The SMILES string of the molecule is Cc1c(C(F)(NC(=O)Nc2cncc(C3=CS(=O)(=O)C=C3)c2)C(F)F)oc2c(F)cc(F)cc12. The second-order valence-corrected chi connectivity index (χ2v) is 9.03. The van der Waals surface area contributed by atoms with Crippen molar-refractivity contribution < 1.29 is 39.6 Å². The van der Waals surface area contributed by atoms with Gasteiger partial charge in [0, 0.05) is 39.6 Å². The lowest BCUT2D eigenvalue weighted by Crippen LogP contribution is -2.49. The summed E-state index contributed by atoms with van der Waals surface area (Å²) >= 11 is 0. The minimum absolute atomic E-state index is 0.0698. The summed E-state index contributed by atoms with van der Waals surface area (Å²) in [6.07, 6.45) is -0.145. The number of nitrogens with zero attached hydrogens (tertiary/aromatic N) is 1. The Labute approximate surface area is 188 Å². The molecule has 0 spiro atoms. The first-order chi connectivity index (χ1) is 15.9. The third kappa shape index (κ3) is 4.25. The maximum absolute atomic E-state index is 15.4. The molecule has 34 heavy (non-hydrogen) atoms. The second-order valence-electron chi connectivity index (χ2n) is 7.34. The molecule has 7 nitrogen and oxygen atoms in total. The van der Waals surface area contributed by atoms with Gasteiger partial charge in [-0.15, -0.1) is 0 Å². The predicted octanol–water partition coefficient (Wildman–Crippen LogP) is 4.91. The topological polar surface area (TPSA) is 101 Å². The van der Waals surface area contributed by atoms with Gasteiger partial charge in [-0.3, -0.25) is 10.3 Å². The molecule has 178 valence electrons. The molecule has 3 aromatic rings. The lowest BCUT2D eigenvalue weighted by atomic mass is 10.1. The lowest BCUT2D eigenvalue weighted by molar-refractivity contribution is -0.0664. The number of amides is 2. The summed E-state index contributed by atoms with van der Waals surface area (Å²) in [6.45, 7) is 1.11. The van der Waals surface area contributed by atoms with Crippen LogP contribution >= 0.6 is 0 Å². The van der Waals surface area contributed by atoms with Gasteiger partial charge in [-0.1, -0.05) is 0 Å². The number of furan rings is 1. The molecule has 2 amide bonds. The number of benzene rings is 1. The number of sulfone groups is 1. The van der Waals surface area contributed by atoms with Crippen molar-refractivity contribution in [3.8, 4) is 0 Å². The number of rotatable bonds is 5. The summed E-state index contributed by atoms with van der Waals surface area (Å²) in [6, 6.07) is 1.08. The number of pyridine rings is 1. The molecule has 2 N–H and O–H groups in total. The molecule has 1 unspecified atom stereocenters. The van der Waals surface area contributed by atoms with Gasteiger partial charge in [0.25, 0.3) is 6.43 Å². The number of aryl methyl sites for hydroxylation is 1. The number of aromatic nitrogens is 1. The number of halogens is 5. The van der Waals surface area contributed by atoms with E-state index in [0.29, 0.717) is 6.07 Å². The number of allylic oxidation sites excluding steroid dienone is 2. The summed E-state index contributed by atoms with van der Waals surface area (Å²) < 4.78 is 98.5. The Bertz CT molecular complexity index is 1480. The van der Waals surface area contributed by atoms with Crippen molar-refractivity contribution in [1.29, 1.82) is 0 Å². The number of carbonyl (C=O) groups is 1. The van der Waals surface area contributed by atoms with Crippen LogP contribution in [0.15, 0.2) is 51.9 Å². The fourth-order valence-corrected chi connectivity index (χ4v) is 4.37. The molecular weight excluding hydrogens is 485 g/mol. The van der Waals surface area contributed by atoms with E-state index in [-0.39, 0.29) is 27.8 Å². The van der Waals surface area contributed by atoms with E-state index in [1.54, 1.807) is 0 Å². The normalized spacial score (nSPS) is 16.5. The number of alkyl halides is 3. The quantitative estimate of drug-likeness (QED) is 0.384. The Morgan fingerprint density at radius 2 is 1.91 bits per heavy atom. The first-order valence-electron chi connectivity index (χ1n) is 9.45. The summed E-state index contributed by atoms with van der Waals surface area (Å²) in [7, 11) is -3.53. The Hall–Kier alpha value is -3.74. The van der Waals surface area contributed by atoms with Crippen LogP contribution in [-0.2, 0) is 15.6 Å². The number of nitrogens with one attached hydrogen (secondary N) is 2. The molecule has 0 saturated carbocycles. The smallest absolute Gasteiger partial charge is 0.322 e. The van der Waals surface area contributed by atoms with E-state index in [2.05, 4.69) is 10.3 Å². The largest absolute Gasteiger partial charge is 0.452 e. The lowest BCUT2D eigenvalue weighted by Gasteiger charge is -2.24. The van der Waals surface area contributed by atoms with Gasteiger partial charge in [0.15, 0.2) is 27.0 Å². The van der Waals surface area contributed by atoms with Crippen molar-refractivity contribution in [2.24, 2.45) is 0 Å². The summed E-state index contributed by atoms with van der Waals surface area (Å²) in [5, 5.41) is 5.23. The Morgan fingerprint density at radius 3 is 2.56 bits per heavy atom. The van der Waals surface area contributed by atoms with Crippen LogP contribution < -0.4 is 10.6 Å². The highest BCUT2D eigenvalue weighted by Crippen LogP contribution is 2.39. The summed E-state index contributed by atoms with van der Waals surface area (Å²) in [5.41, 5.74) is -0.512. The molecule has 0 aliphatic carbocycles. The molecule has 3 heterocycles. The van der Waals surface area contributed by atoms with Crippen LogP contribution in [-0.4, -0.2) is 25.9 Å². The van der Waals surface area contributed by atoms with Crippen LogP contribution in [0.1, 0.15) is 16.9 Å². The van der Waals surface area contributed by atoms with E-state index in [4.69, 9.17) is 4.42 Å². The van der Waals surface area contributed by atoms with Crippen molar-refractivity contribution in [2.45, 2.75) is 19.1 Å². The van der Waals surface area contributed by atoms with Crippen molar-refractivity contribution in [3.63, 3.8) is 0 Å². The van der Waals surface area contributed by atoms with Crippen LogP contribution in [0.5, 0.6) is 0 Å². The highest BCUT2D eigenvalue weighted by molar-refractivity contribution is 7.97. The zero-order valence-corrected chi connectivity index (χ0v) is 17.9. The molecule has 1 aliphatic rings. The molecule has 0 fully saturated rings. The highest BCUT2D eigenvalue weighted by Gasteiger charge is 2.49. The van der Waals surface area contributed by atoms with Gasteiger partial charge in [0.1, 0.15) is 5.82 Å². The molecule has 0 saturated heterocycles. The van der Waals surface area contributed by atoms with Gasteiger partial charge in [-0.25, -0.2) is 35.2 Å². The molecule has 13 heteroatoms. The van der Waals surface area contributed by atoms with Gasteiger partial charge in [-0.2, -0.15) is 0 Å². The van der Waals surface area contributed by atoms with Crippen LogP contribution in [0.3, 0.4) is 0 Å². The third-order valence-electron chi connectivity index (χ3n) is 4.94. The highest BCUT2D eigenvalue weighted by atomic mass is 32.2. The maximum atomic E-state index is 15.4. The average molecular weight is 499 g/mol. The first-order valence-corrected chi connectivity index (χ1v) is 11.1. The van der Waals surface area contributed by atoms with Crippen LogP contribution in [0, 0.1) is 18.6 Å². The van der Waals surface area contributed by atoms with Gasteiger partial charge >= 0.3 is 11.8 Å². The fourth-order valence-electron chi connectivity index (χ4n) is 3.38. The molecule has 1 aliphatic heterocycles. The molecule has 0 bridgehead atoms. The maximum Gasteiger partial charge on any atom is 0.322 e. The monoisotopic (exact) mass is 499 g/mol. The third-order valence-corrected chi connectivity index (χ3v) is 6.04. The zero-order valence-electron chi connectivity index (χ0n) is 17.1. The number of urea groups is 1. The van der Waals surface area contributed by atoms with E-state index in [1.165, 1.54) is 23.7 Å². The molecule has 1 atom stereocenters. The molecule has 0 radical (unpaired) electrons. The second kappa shape index (κ2) is 8.24. The van der Waals surface area contributed by atoms with Gasteiger partial charge in [-0.05, 0) is 30.7 Å². The van der Waals surface area contributed by atoms with Crippen LogP contribution in [0.25, 0.3) is 16.5 Å². The standard InChI is InChI=1S/C21H14F5N3O4S/c1-10-15-5-13(22)6-16(23)17(15)33-18(10)21(26,19(24)25)29-20(30)28-14-4-12(7-27-8-14)11-2-3-34(31,32)9-11/h2-9,19H,1H3,(H2,28,29,30). The predicted molar refractivity (Wildman–Crippen MR) is 112 cm³/mol. The minimum atomic E-state index is -3.90. The Kier molecular flexibility index (Phi) is 5.67. The average Bonchev–Trinajstić information content (AvgIpc) is 3.28. The summed E-state index contributed by atoms with van der Waals surface area (Å²) in [4.78, 5) is 16.2. The van der Waals surface area contributed by atoms with E-state index >= 15 is 4.39 Å².